The Morgan fingerprint density at radius 3 is 2.86 bits per heavy atom. The van der Waals surface area contributed by atoms with Crippen molar-refractivity contribution in [2.75, 3.05) is 7.05 Å². The SMILES string of the molecule is CN=C1C(=C(N)c2cnc3[nH]cc(C(=O)NC4(C#N)CC4)c3n2)C=CC(C)C1C. The standard InChI is InChI=1S/C21H23N7O/c1-11-4-5-13(17(24-3)12(11)2)16(23)15-9-26-19-18(27-15)14(8-25-19)20(29)28-21(10-22)6-7-21/h4-5,8-9,11-12H,6-7,23H2,1-3H3,(H,25,26)(H,28,29). The molecule has 0 saturated heterocycles. The lowest BCUT2D eigenvalue weighted by Gasteiger charge is -2.25. The first-order chi connectivity index (χ1) is 13.9. The number of nitriles is 1. The van der Waals surface area contributed by atoms with Gasteiger partial charge < -0.3 is 16.0 Å². The highest BCUT2D eigenvalue weighted by Gasteiger charge is 2.45. The molecule has 2 atom stereocenters. The van der Waals surface area contributed by atoms with Crippen LogP contribution in [0, 0.1) is 23.2 Å². The van der Waals surface area contributed by atoms with Gasteiger partial charge in [0.05, 0.1) is 23.5 Å². The molecule has 0 radical (unpaired) electrons. The molecule has 2 aliphatic carbocycles. The summed E-state index contributed by atoms with van der Waals surface area (Å²) in [6, 6.07) is 2.16. The average molecular weight is 389 g/mol. The summed E-state index contributed by atoms with van der Waals surface area (Å²) in [6.45, 7) is 4.26. The van der Waals surface area contributed by atoms with Crippen LogP contribution in [0.1, 0.15) is 42.7 Å². The number of H-pyrrole nitrogens is 1. The number of allylic oxidation sites excluding steroid dienone is 3. The van der Waals surface area contributed by atoms with Gasteiger partial charge in [-0.1, -0.05) is 26.0 Å². The van der Waals surface area contributed by atoms with E-state index in [-0.39, 0.29) is 11.8 Å². The van der Waals surface area contributed by atoms with Crippen LogP contribution in [0.5, 0.6) is 0 Å². The summed E-state index contributed by atoms with van der Waals surface area (Å²) in [5.74, 6) is 0.266. The Morgan fingerprint density at radius 2 is 2.21 bits per heavy atom. The number of nitrogens with one attached hydrogen (secondary N) is 2. The fourth-order valence-electron chi connectivity index (χ4n) is 3.55. The first kappa shape index (κ1) is 18.9. The molecular formula is C21H23N7O. The largest absolute Gasteiger partial charge is 0.396 e. The first-order valence-electron chi connectivity index (χ1n) is 9.62. The quantitative estimate of drug-likeness (QED) is 0.741. The monoisotopic (exact) mass is 389 g/mol. The molecule has 2 aromatic heterocycles. The van der Waals surface area contributed by atoms with Crippen molar-refractivity contribution in [1.82, 2.24) is 20.3 Å². The molecule has 2 heterocycles. The third kappa shape index (κ3) is 3.18. The van der Waals surface area contributed by atoms with E-state index >= 15 is 0 Å². The number of nitrogens with zero attached hydrogens (tertiary/aromatic N) is 4. The highest BCUT2D eigenvalue weighted by molar-refractivity contribution is 6.10. The molecule has 1 amide bonds. The summed E-state index contributed by atoms with van der Waals surface area (Å²) in [6.07, 6.45) is 8.56. The molecule has 29 heavy (non-hydrogen) atoms. The van der Waals surface area contributed by atoms with Gasteiger partial charge in [0, 0.05) is 30.4 Å². The Hall–Kier alpha value is -3.47. The molecule has 2 unspecified atom stereocenters. The van der Waals surface area contributed by atoms with Crippen LogP contribution in [0.2, 0.25) is 0 Å². The topological polar surface area (TPSA) is 133 Å². The molecule has 0 aromatic carbocycles. The molecule has 4 N–H and O–H groups in total. The Labute approximate surface area is 168 Å². The lowest BCUT2D eigenvalue weighted by atomic mass is 9.81. The van der Waals surface area contributed by atoms with Gasteiger partial charge in [-0.05, 0) is 18.8 Å². The van der Waals surface area contributed by atoms with Crippen molar-refractivity contribution in [2.24, 2.45) is 22.6 Å². The van der Waals surface area contributed by atoms with Crippen LogP contribution >= 0.6 is 0 Å². The second-order valence-electron chi connectivity index (χ2n) is 7.75. The summed E-state index contributed by atoms with van der Waals surface area (Å²) in [4.78, 5) is 29.1. The van der Waals surface area contributed by atoms with Crippen LogP contribution < -0.4 is 11.1 Å². The number of carbonyl (C=O) groups is 1. The number of aromatic amines is 1. The maximum atomic E-state index is 12.7. The smallest absolute Gasteiger partial charge is 0.256 e. The normalized spacial score (nSPS) is 25.7. The van der Waals surface area contributed by atoms with E-state index in [9.17, 15) is 10.1 Å². The van der Waals surface area contributed by atoms with Gasteiger partial charge in [-0.3, -0.25) is 9.79 Å². The molecule has 0 bridgehead atoms. The van der Waals surface area contributed by atoms with E-state index in [0.29, 0.717) is 46.9 Å². The molecule has 4 rings (SSSR count). The molecule has 1 saturated carbocycles. The van der Waals surface area contributed by atoms with Gasteiger partial charge in [-0.25, -0.2) is 9.97 Å². The van der Waals surface area contributed by atoms with Crippen LogP contribution in [0.15, 0.2) is 35.1 Å². The van der Waals surface area contributed by atoms with E-state index < -0.39 is 5.54 Å². The van der Waals surface area contributed by atoms with Crippen molar-refractivity contribution in [1.29, 1.82) is 5.26 Å². The third-order valence-corrected chi connectivity index (χ3v) is 5.81. The first-order valence-corrected chi connectivity index (χ1v) is 9.62. The van der Waals surface area contributed by atoms with E-state index in [0.717, 1.165) is 11.3 Å². The van der Waals surface area contributed by atoms with Crippen LogP contribution in [0.25, 0.3) is 16.9 Å². The average Bonchev–Trinajstić information content (AvgIpc) is 3.37. The number of amides is 1. The zero-order chi connectivity index (χ0) is 20.8. The van der Waals surface area contributed by atoms with Crippen LogP contribution in [0.4, 0.5) is 0 Å². The molecular weight excluding hydrogens is 366 g/mol. The van der Waals surface area contributed by atoms with Gasteiger partial charge in [0.2, 0.25) is 0 Å². The van der Waals surface area contributed by atoms with Gasteiger partial charge in [0.1, 0.15) is 16.7 Å². The van der Waals surface area contributed by atoms with Crippen molar-refractivity contribution in [2.45, 2.75) is 32.2 Å². The van der Waals surface area contributed by atoms with Gasteiger partial charge in [-0.2, -0.15) is 5.26 Å². The fourth-order valence-corrected chi connectivity index (χ4v) is 3.55. The van der Waals surface area contributed by atoms with Crippen molar-refractivity contribution in [3.8, 4) is 6.07 Å². The Balaban J connectivity index is 1.75. The summed E-state index contributed by atoms with van der Waals surface area (Å²) >= 11 is 0. The summed E-state index contributed by atoms with van der Waals surface area (Å²) < 4.78 is 0. The summed E-state index contributed by atoms with van der Waals surface area (Å²) in [5, 5.41) is 12.0. The minimum atomic E-state index is -0.751. The van der Waals surface area contributed by atoms with E-state index in [1.165, 1.54) is 0 Å². The van der Waals surface area contributed by atoms with Crippen molar-refractivity contribution < 1.29 is 4.79 Å². The van der Waals surface area contributed by atoms with Crippen molar-refractivity contribution >= 4 is 28.5 Å². The number of hydrogen-bond donors (Lipinski definition) is 3. The number of aromatic nitrogens is 3. The molecule has 1 fully saturated rings. The van der Waals surface area contributed by atoms with Crippen molar-refractivity contribution in [3.05, 3.63) is 41.4 Å². The Morgan fingerprint density at radius 1 is 1.45 bits per heavy atom. The Bertz CT molecular complexity index is 1130. The van der Waals surface area contributed by atoms with E-state index in [2.05, 4.69) is 51.3 Å². The zero-order valence-corrected chi connectivity index (χ0v) is 16.7. The number of carbonyl (C=O) groups excluding carboxylic acids is 1. The van der Waals surface area contributed by atoms with Gasteiger partial charge >= 0.3 is 0 Å². The number of aliphatic imine (C=N–C) groups is 1. The predicted octanol–water partition coefficient (Wildman–Crippen LogP) is 2.33. The molecule has 2 aromatic rings. The molecule has 0 aliphatic heterocycles. The van der Waals surface area contributed by atoms with Crippen molar-refractivity contribution in [3.63, 3.8) is 0 Å². The van der Waals surface area contributed by atoms with Crippen LogP contribution in [0.3, 0.4) is 0 Å². The molecule has 2 aliphatic rings. The van der Waals surface area contributed by atoms with E-state index in [4.69, 9.17) is 5.73 Å². The van der Waals surface area contributed by atoms with Crippen LogP contribution in [-0.2, 0) is 0 Å². The van der Waals surface area contributed by atoms with E-state index in [1.54, 1.807) is 19.4 Å². The van der Waals surface area contributed by atoms with Crippen LogP contribution in [-0.4, -0.2) is 39.2 Å². The second-order valence-corrected chi connectivity index (χ2v) is 7.75. The molecule has 8 nitrogen and oxygen atoms in total. The zero-order valence-electron chi connectivity index (χ0n) is 16.7. The van der Waals surface area contributed by atoms with Gasteiger partial charge in [0.15, 0.2) is 5.65 Å². The number of nitrogens with two attached hydrogens (primary N) is 1. The highest BCUT2D eigenvalue weighted by Crippen LogP contribution is 2.35. The Kier molecular flexibility index (Phi) is 4.46. The summed E-state index contributed by atoms with van der Waals surface area (Å²) in [5.41, 5.74) is 9.67. The maximum Gasteiger partial charge on any atom is 0.256 e. The molecule has 0 spiro atoms. The fraction of sp³-hybridized carbons (Fsp3) is 0.381. The third-order valence-electron chi connectivity index (χ3n) is 5.81. The lowest BCUT2D eigenvalue weighted by molar-refractivity contribution is 0.0943. The highest BCUT2D eigenvalue weighted by atomic mass is 16.1. The lowest BCUT2D eigenvalue weighted by Crippen LogP contribution is -2.35. The number of hydrogen-bond acceptors (Lipinski definition) is 6. The van der Waals surface area contributed by atoms with Gasteiger partial charge in [-0.15, -0.1) is 0 Å². The number of fused-ring (bicyclic) bond motifs is 1. The maximum absolute atomic E-state index is 12.7. The minimum absolute atomic E-state index is 0.240. The minimum Gasteiger partial charge on any atom is -0.396 e. The predicted molar refractivity (Wildman–Crippen MR) is 111 cm³/mol. The number of rotatable bonds is 3. The summed E-state index contributed by atoms with van der Waals surface area (Å²) in [7, 11) is 1.76. The molecule has 8 heteroatoms. The second kappa shape index (κ2) is 6.85. The molecule has 148 valence electrons. The van der Waals surface area contributed by atoms with E-state index in [1.807, 2.05) is 6.08 Å². The van der Waals surface area contributed by atoms with Gasteiger partial charge in [0.25, 0.3) is 5.91 Å².